The summed E-state index contributed by atoms with van der Waals surface area (Å²) < 4.78 is 0. The van der Waals surface area contributed by atoms with Crippen LogP contribution < -0.4 is 11.1 Å². The van der Waals surface area contributed by atoms with Crippen LogP contribution in [0.2, 0.25) is 0 Å². The van der Waals surface area contributed by atoms with E-state index in [4.69, 9.17) is 5.73 Å². The first kappa shape index (κ1) is 15.6. The number of imidazole rings is 1. The molecule has 8 heteroatoms. The van der Waals surface area contributed by atoms with Crippen LogP contribution in [0.3, 0.4) is 0 Å². The zero-order valence-corrected chi connectivity index (χ0v) is 13.5. The number of aliphatic hydroxyl groups is 1. The maximum atomic E-state index is 9.23. The molecule has 1 atom stereocenters. The van der Waals surface area contributed by atoms with Gasteiger partial charge in [0.25, 0.3) is 0 Å². The highest BCUT2D eigenvalue weighted by Gasteiger charge is 2.14. The molecule has 5 N–H and O–H groups in total. The molecule has 3 rings (SSSR count). The molecule has 2 aromatic heterocycles. The lowest BCUT2D eigenvalue weighted by Gasteiger charge is -2.12. The van der Waals surface area contributed by atoms with E-state index in [1.807, 2.05) is 25.1 Å². The highest BCUT2D eigenvalue weighted by Crippen LogP contribution is 2.26. The highest BCUT2D eigenvalue weighted by atomic mass is 32.2. The van der Waals surface area contributed by atoms with Crippen LogP contribution in [0.4, 0.5) is 11.8 Å². The Balaban J connectivity index is 1.88. The van der Waals surface area contributed by atoms with Crippen LogP contribution in [-0.2, 0) is 5.75 Å². The van der Waals surface area contributed by atoms with Gasteiger partial charge in [0.05, 0.1) is 6.61 Å². The second kappa shape index (κ2) is 6.84. The predicted octanol–water partition coefficient (Wildman–Crippen LogP) is 2.02. The Labute approximate surface area is 137 Å². The Morgan fingerprint density at radius 3 is 2.78 bits per heavy atom. The largest absolute Gasteiger partial charge is 0.394 e. The van der Waals surface area contributed by atoms with Crippen molar-refractivity contribution < 1.29 is 5.11 Å². The fourth-order valence-electron chi connectivity index (χ4n) is 2.07. The number of nitrogens with zero attached hydrogens (tertiary/aromatic N) is 3. The van der Waals surface area contributed by atoms with Crippen LogP contribution in [0.25, 0.3) is 11.2 Å². The number of H-pyrrole nitrogens is 1. The van der Waals surface area contributed by atoms with Gasteiger partial charge in [0.15, 0.2) is 22.6 Å². The number of aromatic nitrogens is 4. The molecule has 120 valence electrons. The molecule has 0 radical (unpaired) electrons. The van der Waals surface area contributed by atoms with E-state index in [9.17, 15) is 5.11 Å². The van der Waals surface area contributed by atoms with Gasteiger partial charge < -0.3 is 21.1 Å². The third-order valence-electron chi connectivity index (χ3n) is 3.22. The molecule has 0 amide bonds. The van der Waals surface area contributed by atoms with Crippen LogP contribution in [0.15, 0.2) is 35.5 Å². The lowest BCUT2D eigenvalue weighted by Crippen LogP contribution is -2.20. The smallest absolute Gasteiger partial charge is 0.200 e. The summed E-state index contributed by atoms with van der Waals surface area (Å²) in [4.78, 5) is 16.1. The summed E-state index contributed by atoms with van der Waals surface area (Å²) in [6.45, 7) is 1.87. The van der Waals surface area contributed by atoms with Crippen molar-refractivity contribution in [1.82, 2.24) is 19.9 Å². The van der Waals surface area contributed by atoms with E-state index >= 15 is 0 Å². The number of nitrogen functional groups attached to an aromatic ring is 1. The second-order valence-corrected chi connectivity index (χ2v) is 6.12. The quantitative estimate of drug-likeness (QED) is 0.404. The minimum absolute atomic E-state index is 0.00159. The van der Waals surface area contributed by atoms with Gasteiger partial charge in [-0.3, -0.25) is 0 Å². The summed E-state index contributed by atoms with van der Waals surface area (Å²) in [5, 5.41) is 13.0. The molecular formula is C15H18N6OS. The van der Waals surface area contributed by atoms with Crippen molar-refractivity contribution in [3.05, 3.63) is 35.9 Å². The average molecular weight is 330 g/mol. The third kappa shape index (κ3) is 3.72. The molecule has 0 bridgehead atoms. The SMILES string of the molecule is C[C@H](CO)Nc1nc(SCc2ccccc2)nc2nc(N)[nH]c12. The minimum atomic E-state index is -0.135. The number of aliphatic hydroxyl groups excluding tert-OH is 1. The van der Waals surface area contributed by atoms with E-state index in [0.29, 0.717) is 28.1 Å². The van der Waals surface area contributed by atoms with E-state index < -0.39 is 0 Å². The summed E-state index contributed by atoms with van der Waals surface area (Å²) >= 11 is 1.53. The van der Waals surface area contributed by atoms with E-state index in [1.165, 1.54) is 17.3 Å². The maximum Gasteiger partial charge on any atom is 0.200 e. The number of thioether (sulfide) groups is 1. The van der Waals surface area contributed by atoms with Crippen molar-refractivity contribution in [2.24, 2.45) is 0 Å². The van der Waals surface area contributed by atoms with Crippen molar-refractivity contribution in [3.63, 3.8) is 0 Å². The topological polar surface area (TPSA) is 113 Å². The Hall–Kier alpha value is -2.32. The number of rotatable bonds is 6. The molecule has 3 aromatic rings. The van der Waals surface area contributed by atoms with Gasteiger partial charge in [0.2, 0.25) is 0 Å². The van der Waals surface area contributed by atoms with E-state index in [2.05, 4.69) is 37.4 Å². The molecule has 1 aromatic carbocycles. The van der Waals surface area contributed by atoms with E-state index in [-0.39, 0.29) is 12.6 Å². The number of benzene rings is 1. The van der Waals surface area contributed by atoms with Gasteiger partial charge in [-0.2, -0.15) is 4.98 Å². The first-order valence-corrected chi connectivity index (χ1v) is 8.21. The fourth-order valence-corrected chi connectivity index (χ4v) is 2.86. The molecule has 2 heterocycles. The molecule has 0 aliphatic carbocycles. The molecule has 0 spiro atoms. The number of aromatic amines is 1. The van der Waals surface area contributed by atoms with Crippen LogP contribution in [0.5, 0.6) is 0 Å². The number of fused-ring (bicyclic) bond motifs is 1. The number of hydrogen-bond acceptors (Lipinski definition) is 7. The summed E-state index contributed by atoms with van der Waals surface area (Å²) in [6.07, 6.45) is 0. The first-order chi connectivity index (χ1) is 11.2. The lowest BCUT2D eigenvalue weighted by atomic mass is 10.2. The van der Waals surface area contributed by atoms with E-state index in [0.717, 1.165) is 5.75 Å². The van der Waals surface area contributed by atoms with Gasteiger partial charge in [-0.15, -0.1) is 0 Å². The Bertz CT molecular complexity index is 791. The zero-order chi connectivity index (χ0) is 16.2. The van der Waals surface area contributed by atoms with Crippen LogP contribution in [-0.4, -0.2) is 37.7 Å². The molecule has 7 nitrogen and oxygen atoms in total. The fraction of sp³-hybridized carbons (Fsp3) is 0.267. The number of anilines is 2. The number of nitrogens with one attached hydrogen (secondary N) is 2. The van der Waals surface area contributed by atoms with Crippen LogP contribution in [0.1, 0.15) is 12.5 Å². The lowest BCUT2D eigenvalue weighted by molar-refractivity contribution is 0.281. The van der Waals surface area contributed by atoms with E-state index in [1.54, 1.807) is 0 Å². The Morgan fingerprint density at radius 2 is 2.04 bits per heavy atom. The molecular weight excluding hydrogens is 312 g/mol. The van der Waals surface area contributed by atoms with Crippen molar-refractivity contribution in [1.29, 1.82) is 0 Å². The van der Waals surface area contributed by atoms with Gasteiger partial charge in [-0.25, -0.2) is 9.97 Å². The van der Waals surface area contributed by atoms with Crippen molar-refractivity contribution >= 4 is 34.7 Å². The maximum absolute atomic E-state index is 9.23. The molecule has 0 unspecified atom stereocenters. The second-order valence-electron chi connectivity index (χ2n) is 5.18. The average Bonchev–Trinajstić information content (AvgIpc) is 2.94. The summed E-state index contributed by atoms with van der Waals surface area (Å²) in [6, 6.07) is 9.98. The normalized spacial score (nSPS) is 12.4. The third-order valence-corrected chi connectivity index (χ3v) is 4.14. The molecule has 0 saturated carbocycles. The Morgan fingerprint density at radius 1 is 1.26 bits per heavy atom. The zero-order valence-electron chi connectivity index (χ0n) is 12.7. The van der Waals surface area contributed by atoms with Crippen molar-refractivity contribution in [2.75, 3.05) is 17.7 Å². The predicted molar refractivity (Wildman–Crippen MR) is 92.3 cm³/mol. The van der Waals surface area contributed by atoms with Gasteiger partial charge >= 0.3 is 0 Å². The standard InChI is InChI=1S/C15H18N6OS/c1-9(7-22)17-12-11-13(19-14(16)18-11)21-15(20-12)23-8-10-5-3-2-4-6-10/h2-6,9,22H,7-8H2,1H3,(H4,16,17,18,19,20,21)/t9-/m1/s1. The van der Waals surface area contributed by atoms with Crippen LogP contribution >= 0.6 is 11.8 Å². The summed E-state index contributed by atoms with van der Waals surface area (Å²) in [5.41, 5.74) is 8.07. The monoisotopic (exact) mass is 330 g/mol. The molecule has 0 saturated heterocycles. The minimum Gasteiger partial charge on any atom is -0.394 e. The van der Waals surface area contributed by atoms with Crippen LogP contribution in [0, 0.1) is 0 Å². The summed E-state index contributed by atoms with van der Waals surface area (Å²) in [5.74, 6) is 1.65. The van der Waals surface area contributed by atoms with Gasteiger partial charge in [0, 0.05) is 11.8 Å². The highest BCUT2D eigenvalue weighted by molar-refractivity contribution is 7.98. The molecule has 23 heavy (non-hydrogen) atoms. The van der Waals surface area contributed by atoms with Gasteiger partial charge in [-0.1, -0.05) is 42.1 Å². The molecule has 0 aliphatic heterocycles. The number of hydrogen-bond donors (Lipinski definition) is 4. The summed E-state index contributed by atoms with van der Waals surface area (Å²) in [7, 11) is 0. The van der Waals surface area contributed by atoms with Crippen molar-refractivity contribution in [2.45, 2.75) is 23.9 Å². The van der Waals surface area contributed by atoms with Crippen molar-refractivity contribution in [3.8, 4) is 0 Å². The molecule has 0 fully saturated rings. The molecule has 0 aliphatic rings. The number of nitrogens with two attached hydrogens (primary N) is 1. The Kier molecular flexibility index (Phi) is 4.63. The van der Waals surface area contributed by atoms with Gasteiger partial charge in [0.1, 0.15) is 5.52 Å². The first-order valence-electron chi connectivity index (χ1n) is 7.23. The van der Waals surface area contributed by atoms with Gasteiger partial charge in [-0.05, 0) is 12.5 Å².